The fraction of sp³-hybridized carbons (Fsp3) is 0.643. The van der Waals surface area contributed by atoms with E-state index >= 15 is 0 Å². The molecular weight excluding hydrogens is 270 g/mol. The molecule has 2 heterocycles. The first-order chi connectivity index (χ1) is 9.15. The molecular formula is C14H17ClF2N2. The van der Waals surface area contributed by atoms with Crippen molar-refractivity contribution >= 4 is 11.6 Å². The van der Waals surface area contributed by atoms with Gasteiger partial charge >= 0.3 is 0 Å². The van der Waals surface area contributed by atoms with Crippen LogP contribution in [0.25, 0.3) is 0 Å². The molecule has 0 amide bonds. The van der Waals surface area contributed by atoms with Gasteiger partial charge in [0.05, 0.1) is 0 Å². The number of likely N-dealkylation sites (tertiary alicyclic amines) is 1. The normalized spacial score (nSPS) is 29.8. The molecule has 1 aromatic heterocycles. The molecule has 2 fully saturated rings. The van der Waals surface area contributed by atoms with E-state index in [-0.39, 0.29) is 11.1 Å². The molecule has 1 saturated heterocycles. The first-order valence-corrected chi connectivity index (χ1v) is 7.22. The van der Waals surface area contributed by atoms with Gasteiger partial charge in [-0.2, -0.15) is 0 Å². The van der Waals surface area contributed by atoms with Crippen LogP contribution in [-0.2, 0) is 5.41 Å². The summed E-state index contributed by atoms with van der Waals surface area (Å²) in [6, 6.07) is 3.30. The van der Waals surface area contributed by atoms with Crippen LogP contribution in [0, 0.1) is 5.92 Å². The zero-order chi connectivity index (χ0) is 13.5. The van der Waals surface area contributed by atoms with Gasteiger partial charge in [0.25, 0.3) is 6.43 Å². The zero-order valence-electron chi connectivity index (χ0n) is 10.7. The SMILES string of the molecule is FC(F)c1ccc(C23CC2CN(CCCCl)C3)cn1. The number of nitrogens with zero attached hydrogens (tertiary/aromatic N) is 2. The van der Waals surface area contributed by atoms with Crippen molar-refractivity contribution < 1.29 is 8.78 Å². The number of hydrogen-bond donors (Lipinski definition) is 0. The third kappa shape index (κ3) is 2.36. The largest absolute Gasteiger partial charge is 0.302 e. The number of hydrogen-bond acceptors (Lipinski definition) is 2. The fourth-order valence-corrected chi connectivity index (χ4v) is 3.44. The Balaban J connectivity index is 1.70. The molecule has 2 nitrogen and oxygen atoms in total. The Labute approximate surface area is 116 Å². The maximum absolute atomic E-state index is 12.5. The van der Waals surface area contributed by atoms with Crippen LogP contribution in [0.5, 0.6) is 0 Å². The van der Waals surface area contributed by atoms with Crippen molar-refractivity contribution in [2.45, 2.75) is 24.7 Å². The first-order valence-electron chi connectivity index (χ1n) is 6.68. The number of halogens is 3. The third-order valence-electron chi connectivity index (χ3n) is 4.41. The van der Waals surface area contributed by atoms with E-state index in [1.165, 1.54) is 12.5 Å². The Morgan fingerprint density at radius 1 is 1.47 bits per heavy atom. The van der Waals surface area contributed by atoms with E-state index in [1.54, 1.807) is 6.20 Å². The summed E-state index contributed by atoms with van der Waals surface area (Å²) in [7, 11) is 0. The van der Waals surface area contributed by atoms with Crippen molar-refractivity contribution in [1.29, 1.82) is 0 Å². The summed E-state index contributed by atoms with van der Waals surface area (Å²) in [5, 5.41) is 0. The molecule has 2 unspecified atom stereocenters. The van der Waals surface area contributed by atoms with E-state index in [0.29, 0.717) is 11.8 Å². The van der Waals surface area contributed by atoms with E-state index in [0.717, 1.165) is 31.6 Å². The third-order valence-corrected chi connectivity index (χ3v) is 4.68. The summed E-state index contributed by atoms with van der Waals surface area (Å²) >= 11 is 5.72. The summed E-state index contributed by atoms with van der Waals surface area (Å²) in [6.45, 7) is 3.15. The molecule has 0 N–H and O–H groups in total. The van der Waals surface area contributed by atoms with Crippen LogP contribution in [0.15, 0.2) is 18.3 Å². The van der Waals surface area contributed by atoms with E-state index < -0.39 is 6.43 Å². The average Bonchev–Trinajstić information content (AvgIpc) is 3.00. The topological polar surface area (TPSA) is 16.1 Å². The molecule has 2 aliphatic rings. The van der Waals surface area contributed by atoms with Gasteiger partial charge in [-0.3, -0.25) is 4.98 Å². The number of alkyl halides is 3. The Hall–Kier alpha value is -0.740. The first kappa shape index (κ1) is 13.3. The van der Waals surface area contributed by atoms with Crippen LogP contribution in [0.1, 0.15) is 30.5 Å². The van der Waals surface area contributed by atoms with Crippen LogP contribution in [0.3, 0.4) is 0 Å². The summed E-state index contributed by atoms with van der Waals surface area (Å²) < 4.78 is 25.0. The van der Waals surface area contributed by atoms with Crippen molar-refractivity contribution in [2.24, 2.45) is 5.92 Å². The Kier molecular flexibility index (Phi) is 3.48. The molecule has 3 rings (SSSR count). The monoisotopic (exact) mass is 286 g/mol. The van der Waals surface area contributed by atoms with Gasteiger partial charge < -0.3 is 4.90 Å². The van der Waals surface area contributed by atoms with E-state index in [4.69, 9.17) is 11.6 Å². The van der Waals surface area contributed by atoms with Gasteiger partial charge in [-0.25, -0.2) is 8.78 Å². The second kappa shape index (κ2) is 4.98. The van der Waals surface area contributed by atoms with Crippen molar-refractivity contribution in [3.63, 3.8) is 0 Å². The molecule has 19 heavy (non-hydrogen) atoms. The summed E-state index contributed by atoms with van der Waals surface area (Å²) in [6.07, 6.45) is 1.34. The van der Waals surface area contributed by atoms with Crippen LogP contribution in [0.2, 0.25) is 0 Å². The van der Waals surface area contributed by atoms with Crippen LogP contribution in [-0.4, -0.2) is 35.4 Å². The summed E-state index contributed by atoms with van der Waals surface area (Å²) in [5.74, 6) is 1.36. The maximum Gasteiger partial charge on any atom is 0.280 e. The summed E-state index contributed by atoms with van der Waals surface area (Å²) in [5.41, 5.74) is 1.17. The average molecular weight is 287 g/mol. The van der Waals surface area contributed by atoms with Gasteiger partial charge in [0, 0.05) is 30.6 Å². The molecule has 1 saturated carbocycles. The lowest BCUT2D eigenvalue weighted by atomic mass is 9.96. The van der Waals surface area contributed by atoms with E-state index in [2.05, 4.69) is 9.88 Å². The van der Waals surface area contributed by atoms with Gasteiger partial charge in [-0.15, -0.1) is 11.6 Å². The molecule has 2 atom stereocenters. The Bertz CT molecular complexity index is 451. The lowest BCUT2D eigenvalue weighted by Gasteiger charge is -2.20. The second-order valence-corrected chi connectivity index (χ2v) is 5.99. The Morgan fingerprint density at radius 3 is 2.95 bits per heavy atom. The van der Waals surface area contributed by atoms with Crippen molar-refractivity contribution in [2.75, 3.05) is 25.5 Å². The molecule has 5 heteroatoms. The van der Waals surface area contributed by atoms with Crippen LogP contribution in [0.4, 0.5) is 8.78 Å². The van der Waals surface area contributed by atoms with E-state index in [1.807, 2.05) is 6.07 Å². The highest BCUT2D eigenvalue weighted by atomic mass is 35.5. The molecule has 0 bridgehead atoms. The van der Waals surface area contributed by atoms with Crippen molar-refractivity contribution in [3.05, 3.63) is 29.6 Å². The number of rotatable bonds is 5. The molecule has 1 aliphatic carbocycles. The smallest absolute Gasteiger partial charge is 0.280 e. The van der Waals surface area contributed by atoms with Gasteiger partial charge in [-0.1, -0.05) is 6.07 Å². The number of pyridine rings is 1. The number of piperidine rings is 1. The predicted molar refractivity (Wildman–Crippen MR) is 70.8 cm³/mol. The van der Waals surface area contributed by atoms with Crippen LogP contribution >= 0.6 is 11.6 Å². The van der Waals surface area contributed by atoms with Crippen molar-refractivity contribution in [3.8, 4) is 0 Å². The van der Waals surface area contributed by atoms with Gasteiger partial charge in [0.2, 0.25) is 0 Å². The fourth-order valence-electron chi connectivity index (χ4n) is 3.32. The molecule has 1 aromatic rings. The standard InChI is InChI=1S/C14H17ClF2N2/c15-4-1-5-19-8-11-6-14(11,9-19)10-2-3-12(13(16)17)18-7-10/h2-3,7,11,13H,1,4-6,8-9H2. The van der Waals surface area contributed by atoms with Gasteiger partial charge in [0.15, 0.2) is 0 Å². The van der Waals surface area contributed by atoms with E-state index in [9.17, 15) is 8.78 Å². The quantitative estimate of drug-likeness (QED) is 0.773. The zero-order valence-corrected chi connectivity index (χ0v) is 11.4. The minimum absolute atomic E-state index is 0.130. The minimum Gasteiger partial charge on any atom is -0.302 e. The molecule has 0 spiro atoms. The lowest BCUT2D eigenvalue weighted by molar-refractivity contribution is 0.146. The highest BCUT2D eigenvalue weighted by Crippen LogP contribution is 2.58. The Morgan fingerprint density at radius 2 is 2.32 bits per heavy atom. The molecule has 104 valence electrons. The molecule has 0 radical (unpaired) electrons. The van der Waals surface area contributed by atoms with Crippen LogP contribution < -0.4 is 0 Å². The molecule has 1 aliphatic heterocycles. The highest BCUT2D eigenvalue weighted by molar-refractivity contribution is 6.17. The number of fused-ring (bicyclic) bond motifs is 1. The molecule has 0 aromatic carbocycles. The second-order valence-electron chi connectivity index (χ2n) is 5.61. The minimum atomic E-state index is -2.48. The van der Waals surface area contributed by atoms with Crippen molar-refractivity contribution in [1.82, 2.24) is 9.88 Å². The lowest BCUT2D eigenvalue weighted by Crippen LogP contribution is -2.27. The summed E-state index contributed by atoms with van der Waals surface area (Å²) in [4.78, 5) is 6.32. The number of aromatic nitrogens is 1. The maximum atomic E-state index is 12.5. The van der Waals surface area contributed by atoms with Gasteiger partial charge in [0.1, 0.15) is 5.69 Å². The van der Waals surface area contributed by atoms with Gasteiger partial charge in [-0.05, 0) is 36.9 Å². The highest BCUT2D eigenvalue weighted by Gasteiger charge is 2.60. The predicted octanol–water partition coefficient (Wildman–Crippen LogP) is 3.22.